The van der Waals surface area contributed by atoms with E-state index in [4.69, 9.17) is 4.74 Å². The third-order valence-corrected chi connectivity index (χ3v) is 4.66. The largest absolute Gasteiger partial charge is 0.497 e. The Morgan fingerprint density at radius 1 is 1.07 bits per heavy atom. The molecule has 8 heteroatoms. The van der Waals surface area contributed by atoms with Crippen LogP contribution >= 0.6 is 0 Å². The molecule has 4 aromatic rings. The summed E-state index contributed by atoms with van der Waals surface area (Å²) in [5.41, 5.74) is 1.54. The van der Waals surface area contributed by atoms with Gasteiger partial charge in [-0.15, -0.1) is 5.10 Å². The first kappa shape index (κ1) is 19.4. The topological polar surface area (TPSA) is 74.0 Å². The molecule has 0 aliphatic heterocycles. The molecule has 4 rings (SSSR count). The first-order chi connectivity index (χ1) is 14.7. The molecule has 0 radical (unpaired) electrons. The van der Waals surface area contributed by atoms with Crippen molar-refractivity contribution in [3.63, 3.8) is 0 Å². The Morgan fingerprint density at radius 3 is 2.50 bits per heavy atom. The van der Waals surface area contributed by atoms with Gasteiger partial charge in [0.25, 0.3) is 5.91 Å². The Kier molecular flexibility index (Phi) is 5.56. The molecule has 2 heterocycles. The molecule has 2 aromatic heterocycles. The van der Waals surface area contributed by atoms with E-state index >= 15 is 0 Å². The highest BCUT2D eigenvalue weighted by Gasteiger charge is 2.21. The highest BCUT2D eigenvalue weighted by atomic mass is 19.1. The number of carbonyl (C=O) groups excluding carboxylic acids is 1. The number of nitrogens with one attached hydrogen (secondary N) is 1. The van der Waals surface area contributed by atoms with E-state index in [0.717, 1.165) is 11.3 Å². The Hall–Kier alpha value is -3.94. The van der Waals surface area contributed by atoms with Crippen molar-refractivity contribution in [3.8, 4) is 11.6 Å². The molecular weight excluding hydrogens is 385 g/mol. The second kappa shape index (κ2) is 8.60. The lowest BCUT2D eigenvalue weighted by Gasteiger charge is -2.10. The summed E-state index contributed by atoms with van der Waals surface area (Å²) in [6.45, 7) is 0.479. The normalized spacial score (nSPS) is 10.7. The Balaban J connectivity index is 1.60. The number of hydrogen-bond acceptors (Lipinski definition) is 4. The van der Waals surface area contributed by atoms with Gasteiger partial charge >= 0.3 is 0 Å². The smallest absolute Gasteiger partial charge is 0.276 e. The molecule has 2 aromatic carbocycles. The van der Waals surface area contributed by atoms with Crippen LogP contribution < -0.4 is 10.1 Å². The average molecular weight is 405 g/mol. The van der Waals surface area contributed by atoms with Gasteiger partial charge in [-0.25, -0.2) is 9.07 Å². The van der Waals surface area contributed by atoms with Gasteiger partial charge in [-0.3, -0.25) is 4.79 Å². The molecule has 0 bridgehead atoms. The molecule has 0 atom stereocenters. The van der Waals surface area contributed by atoms with Gasteiger partial charge in [0.15, 0.2) is 11.5 Å². The molecule has 7 nitrogen and oxygen atoms in total. The van der Waals surface area contributed by atoms with E-state index in [1.165, 1.54) is 6.07 Å². The van der Waals surface area contributed by atoms with Crippen LogP contribution in [0.15, 0.2) is 73.1 Å². The molecule has 0 fully saturated rings. The molecule has 0 saturated carbocycles. The van der Waals surface area contributed by atoms with Crippen molar-refractivity contribution in [1.29, 1.82) is 0 Å². The van der Waals surface area contributed by atoms with E-state index in [9.17, 15) is 9.18 Å². The Bertz CT molecular complexity index is 1140. The van der Waals surface area contributed by atoms with Gasteiger partial charge in [0, 0.05) is 24.5 Å². The SMILES string of the molecule is COc1ccc(Cn2nnc(C(=O)NCc3ccccc3F)c2-n2cccc2)cc1. The molecule has 152 valence electrons. The van der Waals surface area contributed by atoms with Crippen molar-refractivity contribution in [1.82, 2.24) is 24.9 Å². The maximum absolute atomic E-state index is 13.8. The molecule has 30 heavy (non-hydrogen) atoms. The van der Waals surface area contributed by atoms with Crippen LogP contribution in [0.5, 0.6) is 5.75 Å². The van der Waals surface area contributed by atoms with Crippen molar-refractivity contribution in [3.05, 3.63) is 95.7 Å². The number of methoxy groups -OCH3 is 1. The number of aromatic nitrogens is 4. The number of nitrogens with zero attached hydrogens (tertiary/aromatic N) is 4. The highest BCUT2D eigenvalue weighted by Crippen LogP contribution is 2.17. The number of rotatable bonds is 7. The number of benzene rings is 2. The van der Waals surface area contributed by atoms with E-state index in [-0.39, 0.29) is 18.1 Å². The minimum atomic E-state index is -0.428. The Morgan fingerprint density at radius 2 is 1.80 bits per heavy atom. The lowest BCUT2D eigenvalue weighted by molar-refractivity contribution is 0.0945. The molecule has 0 aliphatic rings. The summed E-state index contributed by atoms with van der Waals surface area (Å²) >= 11 is 0. The summed E-state index contributed by atoms with van der Waals surface area (Å²) in [5.74, 6) is 0.493. The van der Waals surface area contributed by atoms with Gasteiger partial charge in [0.2, 0.25) is 0 Å². The maximum atomic E-state index is 13.8. The van der Waals surface area contributed by atoms with E-state index in [1.807, 2.05) is 48.8 Å². The van der Waals surface area contributed by atoms with Crippen LogP contribution in [-0.2, 0) is 13.1 Å². The third kappa shape index (κ3) is 4.07. The highest BCUT2D eigenvalue weighted by molar-refractivity contribution is 5.95. The summed E-state index contributed by atoms with van der Waals surface area (Å²) in [6.07, 6.45) is 3.63. The van der Waals surface area contributed by atoms with Crippen molar-refractivity contribution in [2.75, 3.05) is 7.11 Å². The first-order valence-electron chi connectivity index (χ1n) is 9.37. The van der Waals surface area contributed by atoms with Crippen LogP contribution in [0.1, 0.15) is 21.6 Å². The van der Waals surface area contributed by atoms with Crippen molar-refractivity contribution >= 4 is 5.91 Å². The number of amides is 1. The Labute approximate surface area is 172 Å². The van der Waals surface area contributed by atoms with E-state index in [1.54, 1.807) is 34.6 Å². The first-order valence-corrected chi connectivity index (χ1v) is 9.37. The monoisotopic (exact) mass is 405 g/mol. The van der Waals surface area contributed by atoms with Gasteiger partial charge < -0.3 is 14.6 Å². The fourth-order valence-electron chi connectivity index (χ4n) is 3.10. The maximum Gasteiger partial charge on any atom is 0.276 e. The lowest BCUT2D eigenvalue weighted by atomic mass is 10.2. The van der Waals surface area contributed by atoms with E-state index in [2.05, 4.69) is 15.6 Å². The average Bonchev–Trinajstić information content (AvgIpc) is 3.43. The fraction of sp³-hybridized carbons (Fsp3) is 0.136. The zero-order valence-electron chi connectivity index (χ0n) is 16.3. The predicted octanol–water partition coefficient (Wildman–Crippen LogP) is 3.19. The minimum Gasteiger partial charge on any atom is -0.497 e. The standard InChI is InChI=1S/C22H20FN5O2/c1-30-18-10-8-16(9-11-18)15-28-22(27-12-4-5-13-27)20(25-26-28)21(29)24-14-17-6-2-3-7-19(17)23/h2-13H,14-15H2,1H3,(H,24,29). The second-order valence-electron chi connectivity index (χ2n) is 6.63. The van der Waals surface area contributed by atoms with Crippen LogP contribution in [-0.4, -0.2) is 32.6 Å². The van der Waals surface area contributed by atoms with Gasteiger partial charge in [0.1, 0.15) is 11.6 Å². The van der Waals surface area contributed by atoms with E-state index in [0.29, 0.717) is 17.9 Å². The summed E-state index contributed by atoms with van der Waals surface area (Å²) < 4.78 is 22.5. The molecule has 0 aliphatic carbocycles. The molecule has 1 N–H and O–H groups in total. The molecular formula is C22H20FN5O2. The lowest BCUT2D eigenvalue weighted by Crippen LogP contribution is -2.25. The summed E-state index contributed by atoms with van der Waals surface area (Å²) in [5, 5.41) is 11.0. The molecule has 0 saturated heterocycles. The third-order valence-electron chi connectivity index (χ3n) is 4.66. The van der Waals surface area contributed by atoms with E-state index < -0.39 is 5.91 Å². The van der Waals surface area contributed by atoms with Crippen molar-refractivity contribution in [2.45, 2.75) is 13.1 Å². The predicted molar refractivity (Wildman–Crippen MR) is 109 cm³/mol. The van der Waals surface area contributed by atoms with Crippen LogP contribution in [0.3, 0.4) is 0 Å². The zero-order valence-corrected chi connectivity index (χ0v) is 16.3. The summed E-state index contributed by atoms with van der Waals surface area (Å²) in [4.78, 5) is 12.8. The fourth-order valence-corrected chi connectivity index (χ4v) is 3.10. The quantitative estimate of drug-likeness (QED) is 0.513. The molecule has 1 amide bonds. The number of hydrogen-bond donors (Lipinski definition) is 1. The van der Waals surface area contributed by atoms with Gasteiger partial charge in [-0.1, -0.05) is 35.5 Å². The van der Waals surface area contributed by atoms with Crippen molar-refractivity contribution < 1.29 is 13.9 Å². The molecule has 0 spiro atoms. The number of ether oxygens (including phenoxy) is 1. The van der Waals surface area contributed by atoms with Gasteiger partial charge in [-0.05, 0) is 35.9 Å². The second-order valence-corrected chi connectivity index (χ2v) is 6.63. The number of halogens is 1. The molecule has 0 unspecified atom stereocenters. The summed E-state index contributed by atoms with van der Waals surface area (Å²) in [7, 11) is 1.61. The van der Waals surface area contributed by atoms with Gasteiger partial charge in [-0.2, -0.15) is 0 Å². The van der Waals surface area contributed by atoms with Crippen LogP contribution in [0, 0.1) is 5.82 Å². The number of carbonyl (C=O) groups is 1. The zero-order chi connectivity index (χ0) is 20.9. The van der Waals surface area contributed by atoms with Crippen LogP contribution in [0.25, 0.3) is 5.82 Å². The van der Waals surface area contributed by atoms with Crippen LogP contribution in [0.2, 0.25) is 0 Å². The minimum absolute atomic E-state index is 0.0575. The summed E-state index contributed by atoms with van der Waals surface area (Å²) in [6, 6.07) is 17.6. The van der Waals surface area contributed by atoms with Crippen LogP contribution in [0.4, 0.5) is 4.39 Å². The van der Waals surface area contributed by atoms with Gasteiger partial charge in [0.05, 0.1) is 13.7 Å². The van der Waals surface area contributed by atoms with Crippen molar-refractivity contribution in [2.24, 2.45) is 0 Å².